The van der Waals surface area contributed by atoms with Gasteiger partial charge in [-0.3, -0.25) is 4.79 Å². The molecule has 2 aromatic rings. The van der Waals surface area contributed by atoms with Gasteiger partial charge in [-0.1, -0.05) is 24.3 Å². The summed E-state index contributed by atoms with van der Waals surface area (Å²) < 4.78 is 0. The van der Waals surface area contributed by atoms with Crippen molar-refractivity contribution >= 4 is 17.2 Å². The maximum atomic E-state index is 12.2. The van der Waals surface area contributed by atoms with E-state index in [9.17, 15) is 4.79 Å². The number of thiophene rings is 1. The molecule has 1 aromatic heterocycles. The zero-order chi connectivity index (χ0) is 13.9. The number of carbonyl (C=O) groups excluding carboxylic acids is 1. The van der Waals surface area contributed by atoms with Crippen LogP contribution in [-0.4, -0.2) is 5.91 Å². The van der Waals surface area contributed by atoms with E-state index in [0.29, 0.717) is 13.1 Å². The fourth-order valence-corrected chi connectivity index (χ4v) is 3.80. The van der Waals surface area contributed by atoms with E-state index in [2.05, 4.69) is 11.4 Å². The summed E-state index contributed by atoms with van der Waals surface area (Å²) in [5.74, 6) is 0.0243. The van der Waals surface area contributed by atoms with Gasteiger partial charge in [-0.25, -0.2) is 0 Å². The molecule has 1 amide bonds. The molecular weight excluding hydrogens is 268 g/mol. The van der Waals surface area contributed by atoms with Crippen LogP contribution in [0, 0.1) is 0 Å². The Kier molecular flexibility index (Phi) is 3.85. The van der Waals surface area contributed by atoms with E-state index in [0.717, 1.165) is 28.8 Å². The van der Waals surface area contributed by atoms with E-state index in [1.807, 2.05) is 24.3 Å². The van der Waals surface area contributed by atoms with Crippen LogP contribution in [0.5, 0.6) is 0 Å². The first-order valence-corrected chi connectivity index (χ1v) is 7.76. The van der Waals surface area contributed by atoms with Crippen molar-refractivity contribution in [2.24, 2.45) is 5.73 Å². The monoisotopic (exact) mass is 286 g/mol. The average Bonchev–Trinajstić information content (AvgIpc) is 3.06. The van der Waals surface area contributed by atoms with Crippen LogP contribution in [0.4, 0.5) is 0 Å². The first kappa shape index (κ1) is 13.3. The standard InChI is InChI=1S/C16H18N2OS/c17-9-12-4-1-2-5-13(12)10-18-16(19)15-8-11-6-3-7-14(11)20-15/h1-2,4-5,8H,3,6-7,9-10,17H2,(H,18,19). The zero-order valence-corrected chi connectivity index (χ0v) is 12.1. The van der Waals surface area contributed by atoms with Gasteiger partial charge in [0.05, 0.1) is 4.88 Å². The highest BCUT2D eigenvalue weighted by Gasteiger charge is 2.18. The van der Waals surface area contributed by atoms with Gasteiger partial charge in [-0.2, -0.15) is 0 Å². The molecule has 0 saturated heterocycles. The Morgan fingerprint density at radius 1 is 1.25 bits per heavy atom. The zero-order valence-electron chi connectivity index (χ0n) is 11.3. The smallest absolute Gasteiger partial charge is 0.261 e. The molecular formula is C16H18N2OS. The Morgan fingerprint density at radius 3 is 2.80 bits per heavy atom. The normalized spacial score (nSPS) is 13.2. The van der Waals surface area contributed by atoms with Crippen molar-refractivity contribution in [1.29, 1.82) is 0 Å². The highest BCUT2D eigenvalue weighted by Crippen LogP contribution is 2.30. The van der Waals surface area contributed by atoms with Crippen LogP contribution in [0.2, 0.25) is 0 Å². The molecule has 0 spiro atoms. The van der Waals surface area contributed by atoms with Crippen LogP contribution in [0.25, 0.3) is 0 Å². The molecule has 1 aromatic carbocycles. The van der Waals surface area contributed by atoms with Gasteiger partial charge in [-0.05, 0) is 42.0 Å². The molecule has 3 N–H and O–H groups in total. The number of nitrogens with two attached hydrogens (primary N) is 1. The number of benzene rings is 1. The fraction of sp³-hybridized carbons (Fsp3) is 0.312. The number of hydrogen-bond acceptors (Lipinski definition) is 3. The SMILES string of the molecule is NCc1ccccc1CNC(=O)c1cc2c(s1)CCC2. The lowest BCUT2D eigenvalue weighted by Gasteiger charge is -2.08. The van der Waals surface area contributed by atoms with Gasteiger partial charge >= 0.3 is 0 Å². The van der Waals surface area contributed by atoms with Crippen LogP contribution in [-0.2, 0) is 25.9 Å². The van der Waals surface area contributed by atoms with Gasteiger partial charge in [0.2, 0.25) is 0 Å². The van der Waals surface area contributed by atoms with Crippen LogP contribution in [0.3, 0.4) is 0 Å². The molecule has 20 heavy (non-hydrogen) atoms. The molecule has 104 valence electrons. The van der Waals surface area contributed by atoms with Crippen molar-refractivity contribution in [2.75, 3.05) is 0 Å². The van der Waals surface area contributed by atoms with Crippen molar-refractivity contribution in [3.63, 3.8) is 0 Å². The first-order valence-electron chi connectivity index (χ1n) is 6.94. The molecule has 0 radical (unpaired) electrons. The summed E-state index contributed by atoms with van der Waals surface area (Å²) in [5, 5.41) is 2.99. The van der Waals surface area contributed by atoms with Crippen LogP contribution >= 0.6 is 11.3 Å². The number of rotatable bonds is 4. The van der Waals surface area contributed by atoms with Crippen molar-refractivity contribution in [2.45, 2.75) is 32.4 Å². The maximum absolute atomic E-state index is 12.2. The quantitative estimate of drug-likeness (QED) is 0.908. The van der Waals surface area contributed by atoms with Gasteiger partial charge in [-0.15, -0.1) is 11.3 Å². The molecule has 1 heterocycles. The Labute approximate surface area is 122 Å². The van der Waals surface area contributed by atoms with Crippen molar-refractivity contribution < 1.29 is 4.79 Å². The summed E-state index contributed by atoms with van der Waals surface area (Å²) in [7, 11) is 0. The third kappa shape index (κ3) is 2.62. The summed E-state index contributed by atoms with van der Waals surface area (Å²) >= 11 is 1.64. The Hall–Kier alpha value is -1.65. The Morgan fingerprint density at radius 2 is 2.05 bits per heavy atom. The minimum absolute atomic E-state index is 0.0243. The first-order chi connectivity index (χ1) is 9.78. The minimum Gasteiger partial charge on any atom is -0.347 e. The van der Waals surface area contributed by atoms with Gasteiger partial charge in [0.25, 0.3) is 5.91 Å². The fourth-order valence-electron chi connectivity index (χ4n) is 2.63. The van der Waals surface area contributed by atoms with Crippen molar-refractivity contribution in [3.8, 4) is 0 Å². The lowest BCUT2D eigenvalue weighted by atomic mass is 10.1. The summed E-state index contributed by atoms with van der Waals surface area (Å²) in [6.07, 6.45) is 3.48. The van der Waals surface area contributed by atoms with Crippen molar-refractivity contribution in [1.82, 2.24) is 5.32 Å². The van der Waals surface area contributed by atoms with Gasteiger partial charge in [0.15, 0.2) is 0 Å². The number of fused-ring (bicyclic) bond motifs is 1. The molecule has 0 unspecified atom stereocenters. The molecule has 3 nitrogen and oxygen atoms in total. The molecule has 4 heteroatoms. The number of hydrogen-bond donors (Lipinski definition) is 2. The minimum atomic E-state index is 0.0243. The topological polar surface area (TPSA) is 55.1 Å². The molecule has 0 saturated carbocycles. The third-order valence-electron chi connectivity index (χ3n) is 3.75. The molecule has 1 aliphatic carbocycles. The van der Waals surface area contributed by atoms with E-state index in [-0.39, 0.29) is 5.91 Å². The molecule has 0 bridgehead atoms. The average molecular weight is 286 g/mol. The second kappa shape index (κ2) is 5.77. The highest BCUT2D eigenvalue weighted by molar-refractivity contribution is 7.14. The lowest BCUT2D eigenvalue weighted by molar-refractivity contribution is 0.0955. The highest BCUT2D eigenvalue weighted by atomic mass is 32.1. The summed E-state index contributed by atoms with van der Waals surface area (Å²) in [6, 6.07) is 10.0. The van der Waals surface area contributed by atoms with Gasteiger partial charge < -0.3 is 11.1 Å². The summed E-state index contributed by atoms with van der Waals surface area (Å²) in [6.45, 7) is 1.04. The van der Waals surface area contributed by atoms with E-state index >= 15 is 0 Å². The molecule has 0 aliphatic heterocycles. The maximum Gasteiger partial charge on any atom is 0.261 e. The van der Waals surface area contributed by atoms with Crippen LogP contribution < -0.4 is 11.1 Å². The largest absolute Gasteiger partial charge is 0.347 e. The predicted octanol–water partition coefficient (Wildman–Crippen LogP) is 2.63. The van der Waals surface area contributed by atoms with E-state index in [4.69, 9.17) is 5.73 Å². The number of nitrogens with one attached hydrogen (secondary N) is 1. The second-order valence-corrected chi connectivity index (χ2v) is 6.20. The van der Waals surface area contributed by atoms with Crippen LogP contribution in [0.1, 0.15) is 37.7 Å². The Balaban J connectivity index is 1.67. The summed E-state index contributed by atoms with van der Waals surface area (Å²) in [4.78, 5) is 14.4. The van der Waals surface area contributed by atoms with Gasteiger partial charge in [0, 0.05) is 18.0 Å². The molecule has 0 atom stereocenters. The van der Waals surface area contributed by atoms with E-state index < -0.39 is 0 Å². The number of carbonyl (C=O) groups is 1. The molecule has 3 rings (SSSR count). The third-order valence-corrected chi connectivity index (χ3v) is 4.98. The van der Waals surface area contributed by atoms with E-state index in [1.54, 1.807) is 11.3 Å². The van der Waals surface area contributed by atoms with Crippen LogP contribution in [0.15, 0.2) is 30.3 Å². The second-order valence-electron chi connectivity index (χ2n) is 5.07. The van der Waals surface area contributed by atoms with Gasteiger partial charge in [0.1, 0.15) is 0 Å². The number of amides is 1. The lowest BCUT2D eigenvalue weighted by Crippen LogP contribution is -2.22. The Bertz CT molecular complexity index is 612. The summed E-state index contributed by atoms with van der Waals surface area (Å²) in [5.41, 5.74) is 9.24. The molecule has 1 aliphatic rings. The van der Waals surface area contributed by atoms with Crippen molar-refractivity contribution in [3.05, 3.63) is 56.8 Å². The number of aryl methyl sites for hydroxylation is 2. The predicted molar refractivity (Wildman–Crippen MR) is 81.8 cm³/mol. The molecule has 0 fully saturated rings. The van der Waals surface area contributed by atoms with E-state index in [1.165, 1.54) is 16.9 Å².